The van der Waals surface area contributed by atoms with E-state index < -0.39 is 15.8 Å². The number of carbonyl (C=O) groups excluding carboxylic acids is 1. The predicted octanol–water partition coefficient (Wildman–Crippen LogP) is 2.86. The molecule has 6 nitrogen and oxygen atoms in total. The molecule has 2 aromatic rings. The first kappa shape index (κ1) is 21.3. The Morgan fingerprint density at radius 2 is 1.66 bits per heavy atom. The first-order valence-electron chi connectivity index (χ1n) is 9.54. The number of ether oxygens (including phenoxy) is 1. The summed E-state index contributed by atoms with van der Waals surface area (Å²) in [6, 6.07) is 12.8. The van der Waals surface area contributed by atoms with E-state index in [0.717, 1.165) is 5.56 Å². The van der Waals surface area contributed by atoms with E-state index in [9.17, 15) is 17.6 Å². The van der Waals surface area contributed by atoms with Gasteiger partial charge in [0.05, 0.1) is 4.90 Å². The van der Waals surface area contributed by atoms with Gasteiger partial charge in [0, 0.05) is 26.2 Å². The summed E-state index contributed by atoms with van der Waals surface area (Å²) in [6.45, 7) is 4.76. The van der Waals surface area contributed by atoms with Crippen LogP contribution in [-0.4, -0.2) is 56.3 Å². The molecule has 0 saturated carbocycles. The molecule has 1 heterocycles. The molecule has 1 saturated heterocycles. The Balaban J connectivity index is 1.56. The summed E-state index contributed by atoms with van der Waals surface area (Å²) in [4.78, 5) is 14.1. The van der Waals surface area contributed by atoms with Gasteiger partial charge in [-0.3, -0.25) is 4.79 Å². The van der Waals surface area contributed by atoms with Crippen LogP contribution in [0.3, 0.4) is 0 Å². The van der Waals surface area contributed by atoms with E-state index in [1.807, 2.05) is 12.1 Å². The van der Waals surface area contributed by atoms with Crippen LogP contribution in [0.5, 0.6) is 5.75 Å². The van der Waals surface area contributed by atoms with Crippen LogP contribution in [0.4, 0.5) is 4.39 Å². The van der Waals surface area contributed by atoms with Gasteiger partial charge in [0.1, 0.15) is 0 Å². The number of carbonyl (C=O) groups is 1. The zero-order valence-electron chi connectivity index (χ0n) is 16.5. The van der Waals surface area contributed by atoms with Gasteiger partial charge in [0.25, 0.3) is 5.91 Å². The molecule has 0 radical (unpaired) electrons. The summed E-state index contributed by atoms with van der Waals surface area (Å²) in [5.74, 6) is -0.480. The van der Waals surface area contributed by atoms with E-state index in [1.165, 1.54) is 21.3 Å². The number of rotatable bonds is 6. The molecule has 1 aliphatic heterocycles. The van der Waals surface area contributed by atoms with Crippen LogP contribution in [0.25, 0.3) is 0 Å². The van der Waals surface area contributed by atoms with Gasteiger partial charge in [0.2, 0.25) is 10.0 Å². The first-order valence-corrected chi connectivity index (χ1v) is 11.0. The summed E-state index contributed by atoms with van der Waals surface area (Å²) in [5.41, 5.74) is 1.08. The van der Waals surface area contributed by atoms with Crippen LogP contribution in [0.15, 0.2) is 53.4 Å². The van der Waals surface area contributed by atoms with E-state index in [0.29, 0.717) is 5.92 Å². The van der Waals surface area contributed by atoms with Crippen molar-refractivity contribution in [2.75, 3.05) is 32.8 Å². The number of hydrogen-bond donors (Lipinski definition) is 0. The number of hydrogen-bond acceptors (Lipinski definition) is 4. The number of amides is 1. The highest BCUT2D eigenvalue weighted by Gasteiger charge is 2.30. The molecule has 1 amide bonds. The van der Waals surface area contributed by atoms with Crippen molar-refractivity contribution in [1.29, 1.82) is 0 Å². The molecule has 0 atom stereocenters. The molecule has 2 aromatic carbocycles. The van der Waals surface area contributed by atoms with Gasteiger partial charge < -0.3 is 9.64 Å². The molecule has 0 aromatic heterocycles. The maximum Gasteiger partial charge on any atom is 0.260 e. The van der Waals surface area contributed by atoms with Crippen molar-refractivity contribution in [2.45, 2.75) is 24.7 Å². The minimum atomic E-state index is -3.60. The summed E-state index contributed by atoms with van der Waals surface area (Å²) < 4.78 is 45.9. The zero-order chi connectivity index (χ0) is 21.0. The largest absolute Gasteiger partial charge is 0.481 e. The lowest BCUT2D eigenvalue weighted by atomic mass is 10.0. The highest BCUT2D eigenvalue weighted by atomic mass is 32.2. The highest BCUT2D eigenvalue weighted by molar-refractivity contribution is 7.89. The van der Waals surface area contributed by atoms with Gasteiger partial charge in [-0.15, -0.1) is 0 Å². The lowest BCUT2D eigenvalue weighted by Crippen LogP contribution is -2.51. The second-order valence-corrected chi connectivity index (χ2v) is 9.17. The first-order chi connectivity index (χ1) is 13.8. The molecule has 0 spiro atoms. The van der Waals surface area contributed by atoms with Gasteiger partial charge in [-0.2, -0.15) is 4.31 Å². The lowest BCUT2D eigenvalue weighted by Gasteiger charge is -2.34. The van der Waals surface area contributed by atoms with Crippen LogP contribution in [-0.2, 0) is 14.8 Å². The normalized spacial score (nSPS) is 15.5. The monoisotopic (exact) mass is 420 g/mol. The van der Waals surface area contributed by atoms with Gasteiger partial charge in [-0.25, -0.2) is 12.8 Å². The lowest BCUT2D eigenvalue weighted by molar-refractivity contribution is -0.134. The Morgan fingerprint density at radius 1 is 1.03 bits per heavy atom. The average Bonchev–Trinajstić information content (AvgIpc) is 2.73. The standard InChI is InChI=1S/C21H25FN2O4S/c1-16(2)17-7-9-18(10-8-17)29(26,27)24-13-11-23(12-14-24)21(25)15-28-20-6-4-3-5-19(20)22/h3-10,16H,11-15H2,1-2H3. The molecule has 156 valence electrons. The van der Waals surface area contributed by atoms with Crippen molar-refractivity contribution in [3.05, 3.63) is 59.9 Å². The number of nitrogens with zero attached hydrogens (tertiary/aromatic N) is 2. The minimum Gasteiger partial charge on any atom is -0.481 e. The Labute approximate surface area is 170 Å². The Bertz CT molecular complexity index is 953. The second kappa shape index (κ2) is 8.92. The summed E-state index contributed by atoms with van der Waals surface area (Å²) in [5, 5.41) is 0. The molecule has 0 bridgehead atoms. The molecule has 8 heteroatoms. The number of para-hydroxylation sites is 1. The zero-order valence-corrected chi connectivity index (χ0v) is 17.4. The Hall–Kier alpha value is -2.45. The van der Waals surface area contributed by atoms with Gasteiger partial charge in [-0.05, 0) is 35.7 Å². The molecule has 0 aliphatic carbocycles. The van der Waals surface area contributed by atoms with Crippen molar-refractivity contribution in [1.82, 2.24) is 9.21 Å². The fourth-order valence-electron chi connectivity index (χ4n) is 3.14. The van der Waals surface area contributed by atoms with Crippen molar-refractivity contribution in [2.24, 2.45) is 0 Å². The summed E-state index contributed by atoms with van der Waals surface area (Å²) in [7, 11) is -3.60. The highest BCUT2D eigenvalue weighted by Crippen LogP contribution is 2.21. The van der Waals surface area contributed by atoms with E-state index in [4.69, 9.17) is 4.74 Å². The number of halogens is 1. The third kappa shape index (κ3) is 4.94. The van der Waals surface area contributed by atoms with Crippen LogP contribution in [0.2, 0.25) is 0 Å². The quantitative estimate of drug-likeness (QED) is 0.721. The van der Waals surface area contributed by atoms with Gasteiger partial charge in [-0.1, -0.05) is 38.1 Å². The fourth-order valence-corrected chi connectivity index (χ4v) is 4.57. The van der Waals surface area contributed by atoms with Crippen LogP contribution in [0, 0.1) is 5.82 Å². The maximum atomic E-state index is 13.6. The molecular formula is C21H25FN2O4S. The molecule has 1 fully saturated rings. The van der Waals surface area contributed by atoms with E-state index in [1.54, 1.807) is 24.3 Å². The third-order valence-corrected chi connectivity index (χ3v) is 6.88. The van der Waals surface area contributed by atoms with E-state index >= 15 is 0 Å². The maximum absolute atomic E-state index is 13.6. The molecule has 0 N–H and O–H groups in total. The number of piperazine rings is 1. The second-order valence-electron chi connectivity index (χ2n) is 7.23. The molecule has 29 heavy (non-hydrogen) atoms. The minimum absolute atomic E-state index is 0.0203. The number of sulfonamides is 1. The van der Waals surface area contributed by atoms with E-state index in [-0.39, 0.29) is 49.3 Å². The molecular weight excluding hydrogens is 395 g/mol. The van der Waals surface area contributed by atoms with Crippen LogP contribution in [0.1, 0.15) is 25.3 Å². The van der Waals surface area contributed by atoms with E-state index in [2.05, 4.69) is 13.8 Å². The van der Waals surface area contributed by atoms with Crippen molar-refractivity contribution in [3.8, 4) is 5.75 Å². The SMILES string of the molecule is CC(C)c1ccc(S(=O)(=O)N2CCN(C(=O)COc3ccccc3F)CC2)cc1. The van der Waals surface area contributed by atoms with Crippen molar-refractivity contribution >= 4 is 15.9 Å². The van der Waals surface area contributed by atoms with Gasteiger partial charge >= 0.3 is 0 Å². The van der Waals surface area contributed by atoms with Crippen LogP contribution >= 0.6 is 0 Å². The van der Waals surface area contributed by atoms with Crippen molar-refractivity contribution in [3.63, 3.8) is 0 Å². The fraction of sp³-hybridized carbons (Fsp3) is 0.381. The molecule has 3 rings (SSSR count). The topological polar surface area (TPSA) is 66.9 Å². The Kier molecular flexibility index (Phi) is 6.54. The third-order valence-electron chi connectivity index (χ3n) is 4.96. The predicted molar refractivity (Wildman–Crippen MR) is 108 cm³/mol. The molecule has 1 aliphatic rings. The van der Waals surface area contributed by atoms with Crippen molar-refractivity contribution < 1.29 is 22.3 Å². The Morgan fingerprint density at radius 3 is 2.24 bits per heavy atom. The van der Waals surface area contributed by atoms with Gasteiger partial charge in [0.15, 0.2) is 18.2 Å². The van der Waals surface area contributed by atoms with Crippen LogP contribution < -0.4 is 4.74 Å². The molecule has 0 unspecified atom stereocenters. The average molecular weight is 421 g/mol. The smallest absolute Gasteiger partial charge is 0.260 e. The number of benzene rings is 2. The summed E-state index contributed by atoms with van der Waals surface area (Å²) in [6.07, 6.45) is 0. The summed E-state index contributed by atoms with van der Waals surface area (Å²) >= 11 is 0.